The molecule has 0 aliphatic rings. The van der Waals surface area contributed by atoms with Gasteiger partial charge in [0.25, 0.3) is 11.8 Å². The number of rotatable bonds is 4. The second-order valence-corrected chi connectivity index (χ2v) is 6.04. The van der Waals surface area contributed by atoms with Gasteiger partial charge in [0, 0.05) is 23.5 Å². The molecule has 3 rings (SSSR count). The molecule has 0 saturated heterocycles. The van der Waals surface area contributed by atoms with E-state index in [9.17, 15) is 9.59 Å². The lowest BCUT2D eigenvalue weighted by Crippen LogP contribution is -2.26. The minimum atomic E-state index is -0.297. The number of benzene rings is 2. The Labute approximate surface area is 163 Å². The Morgan fingerprint density at radius 3 is 2.43 bits per heavy atom. The number of aromatic nitrogens is 1. The highest BCUT2D eigenvalue weighted by atomic mass is 16.2. The van der Waals surface area contributed by atoms with Crippen molar-refractivity contribution in [1.29, 1.82) is 0 Å². The summed E-state index contributed by atoms with van der Waals surface area (Å²) in [4.78, 5) is 29.0. The van der Waals surface area contributed by atoms with Gasteiger partial charge < -0.3 is 10.6 Å². The van der Waals surface area contributed by atoms with Crippen molar-refractivity contribution in [3.63, 3.8) is 0 Å². The molecule has 0 atom stereocenters. The lowest BCUT2D eigenvalue weighted by molar-refractivity contribution is 0.0959. The van der Waals surface area contributed by atoms with Crippen LogP contribution in [0.2, 0.25) is 0 Å². The van der Waals surface area contributed by atoms with Crippen molar-refractivity contribution >= 4 is 17.5 Å². The average molecular weight is 369 g/mol. The monoisotopic (exact) mass is 369 g/mol. The molecule has 1 heterocycles. The minimum Gasteiger partial charge on any atom is -0.341 e. The summed E-state index contributed by atoms with van der Waals surface area (Å²) in [5.41, 5.74) is 3.03. The molecule has 5 heteroatoms. The third-order valence-electron chi connectivity index (χ3n) is 4.04. The van der Waals surface area contributed by atoms with Crippen LogP contribution in [0.5, 0.6) is 0 Å². The van der Waals surface area contributed by atoms with Crippen molar-refractivity contribution in [2.24, 2.45) is 0 Å². The summed E-state index contributed by atoms with van der Waals surface area (Å²) in [7, 11) is 0. The van der Waals surface area contributed by atoms with Gasteiger partial charge >= 0.3 is 0 Å². The summed E-state index contributed by atoms with van der Waals surface area (Å²) in [5.74, 6) is 5.33. The molecule has 28 heavy (non-hydrogen) atoms. The zero-order valence-electron chi connectivity index (χ0n) is 15.4. The topological polar surface area (TPSA) is 71.1 Å². The van der Waals surface area contributed by atoms with Gasteiger partial charge in [0.05, 0.1) is 17.8 Å². The van der Waals surface area contributed by atoms with E-state index in [2.05, 4.69) is 27.5 Å². The highest BCUT2D eigenvalue weighted by Gasteiger charge is 2.15. The maximum Gasteiger partial charge on any atom is 0.255 e. The lowest BCUT2D eigenvalue weighted by Gasteiger charge is -2.13. The fourth-order valence-electron chi connectivity index (χ4n) is 2.60. The molecule has 0 aliphatic carbocycles. The molecule has 0 aliphatic heterocycles. The van der Waals surface area contributed by atoms with Crippen molar-refractivity contribution < 1.29 is 9.59 Å². The number of nitrogens with zero attached hydrogens (tertiary/aromatic N) is 1. The predicted molar refractivity (Wildman–Crippen MR) is 109 cm³/mol. The first-order valence-electron chi connectivity index (χ1n) is 8.78. The van der Waals surface area contributed by atoms with Crippen LogP contribution in [0.3, 0.4) is 0 Å². The van der Waals surface area contributed by atoms with Crippen molar-refractivity contribution in [1.82, 2.24) is 10.3 Å². The predicted octanol–water partition coefficient (Wildman–Crippen LogP) is 3.42. The van der Waals surface area contributed by atoms with Crippen molar-refractivity contribution in [3.05, 3.63) is 95.3 Å². The molecule has 3 aromatic rings. The number of amides is 2. The molecule has 2 amide bonds. The zero-order valence-corrected chi connectivity index (χ0v) is 15.4. The number of anilines is 1. The van der Waals surface area contributed by atoms with E-state index in [1.807, 2.05) is 43.3 Å². The van der Waals surface area contributed by atoms with Crippen LogP contribution in [0.25, 0.3) is 0 Å². The number of nitrogens with one attached hydrogen (secondary N) is 2. The summed E-state index contributed by atoms with van der Waals surface area (Å²) in [5, 5.41) is 5.60. The minimum absolute atomic E-state index is 0.208. The normalized spacial score (nSPS) is 9.75. The second-order valence-electron chi connectivity index (χ2n) is 6.04. The molecule has 0 unspecified atom stereocenters. The molecule has 5 nitrogen and oxygen atoms in total. The molecule has 2 aromatic carbocycles. The molecule has 0 fully saturated rings. The van der Waals surface area contributed by atoms with Crippen molar-refractivity contribution in [3.8, 4) is 11.8 Å². The maximum absolute atomic E-state index is 12.6. The van der Waals surface area contributed by atoms with Gasteiger partial charge in [0.1, 0.15) is 0 Å². The molecule has 0 saturated carbocycles. The smallest absolute Gasteiger partial charge is 0.255 e. The number of carbonyl (C=O) groups is 2. The van der Waals surface area contributed by atoms with E-state index in [0.717, 1.165) is 11.1 Å². The van der Waals surface area contributed by atoms with Crippen LogP contribution in [0, 0.1) is 18.8 Å². The van der Waals surface area contributed by atoms with Gasteiger partial charge in [-0.3, -0.25) is 14.6 Å². The Hall–Kier alpha value is -3.91. The van der Waals surface area contributed by atoms with Gasteiger partial charge in [0.15, 0.2) is 0 Å². The van der Waals surface area contributed by atoms with Gasteiger partial charge in [-0.25, -0.2) is 0 Å². The van der Waals surface area contributed by atoms with Crippen LogP contribution in [0.15, 0.2) is 73.1 Å². The van der Waals surface area contributed by atoms with Crippen LogP contribution in [0.1, 0.15) is 31.8 Å². The Balaban J connectivity index is 1.71. The largest absolute Gasteiger partial charge is 0.341 e. The Morgan fingerprint density at radius 1 is 0.929 bits per heavy atom. The summed E-state index contributed by atoms with van der Waals surface area (Å²) in [6.07, 6.45) is 3.09. The summed E-state index contributed by atoms with van der Waals surface area (Å²) >= 11 is 0. The number of para-hydroxylation sites is 1. The number of aryl methyl sites for hydroxylation is 1. The third-order valence-corrected chi connectivity index (χ3v) is 4.04. The number of pyridine rings is 1. The van der Waals surface area contributed by atoms with Gasteiger partial charge in [-0.1, -0.05) is 42.2 Å². The maximum atomic E-state index is 12.6. The van der Waals surface area contributed by atoms with E-state index >= 15 is 0 Å². The summed E-state index contributed by atoms with van der Waals surface area (Å²) < 4.78 is 0. The highest BCUT2D eigenvalue weighted by Crippen LogP contribution is 2.21. The second kappa shape index (κ2) is 9.15. The first kappa shape index (κ1) is 18.9. The fourth-order valence-corrected chi connectivity index (χ4v) is 2.60. The van der Waals surface area contributed by atoms with Crippen LogP contribution >= 0.6 is 0 Å². The van der Waals surface area contributed by atoms with E-state index < -0.39 is 0 Å². The number of carbonyl (C=O) groups excluding carboxylic acids is 2. The molecule has 0 radical (unpaired) electrons. The Kier molecular flexibility index (Phi) is 6.17. The summed E-state index contributed by atoms with van der Waals surface area (Å²) in [6, 6.07) is 18.1. The molecular weight excluding hydrogens is 350 g/mol. The number of hydrogen-bond acceptors (Lipinski definition) is 3. The van der Waals surface area contributed by atoms with E-state index in [1.54, 1.807) is 36.7 Å². The van der Waals surface area contributed by atoms with Crippen LogP contribution in [-0.2, 0) is 0 Å². The summed E-state index contributed by atoms with van der Waals surface area (Å²) in [6.45, 7) is 2.05. The quantitative estimate of drug-likeness (QED) is 0.692. The van der Waals surface area contributed by atoms with E-state index in [-0.39, 0.29) is 18.4 Å². The molecule has 0 bridgehead atoms. The third kappa shape index (κ3) is 4.83. The zero-order chi connectivity index (χ0) is 19.8. The first-order valence-corrected chi connectivity index (χ1v) is 8.78. The van der Waals surface area contributed by atoms with E-state index in [0.29, 0.717) is 16.8 Å². The van der Waals surface area contributed by atoms with Gasteiger partial charge in [-0.2, -0.15) is 0 Å². The molecular formula is C23H19N3O2. The lowest BCUT2D eigenvalue weighted by atomic mass is 10.1. The van der Waals surface area contributed by atoms with Crippen molar-refractivity contribution in [2.45, 2.75) is 6.92 Å². The SMILES string of the molecule is Cc1cccc(C(=O)NCC#Cc2ccccc2)c1NC(=O)c1ccncc1. The van der Waals surface area contributed by atoms with Crippen molar-refractivity contribution in [2.75, 3.05) is 11.9 Å². The fraction of sp³-hybridized carbons (Fsp3) is 0.0870. The highest BCUT2D eigenvalue weighted by molar-refractivity contribution is 6.09. The molecule has 1 aromatic heterocycles. The van der Waals surface area contributed by atoms with Crippen LogP contribution < -0.4 is 10.6 Å². The van der Waals surface area contributed by atoms with Gasteiger partial charge in [0.2, 0.25) is 0 Å². The van der Waals surface area contributed by atoms with Crippen LogP contribution in [0.4, 0.5) is 5.69 Å². The van der Waals surface area contributed by atoms with E-state index in [1.165, 1.54) is 0 Å². The van der Waals surface area contributed by atoms with Crippen LogP contribution in [-0.4, -0.2) is 23.3 Å². The van der Waals surface area contributed by atoms with Gasteiger partial charge in [-0.15, -0.1) is 0 Å². The first-order chi connectivity index (χ1) is 13.6. The Morgan fingerprint density at radius 2 is 1.68 bits per heavy atom. The average Bonchev–Trinajstić information content (AvgIpc) is 2.74. The molecule has 138 valence electrons. The molecule has 2 N–H and O–H groups in total. The number of hydrogen-bond donors (Lipinski definition) is 2. The Bertz CT molecular complexity index is 1040. The molecule has 0 spiro atoms. The standard InChI is InChI=1S/C23H19N3O2/c1-17-7-5-11-20(21(17)26-22(27)19-12-15-24-16-13-19)23(28)25-14-6-10-18-8-3-2-4-9-18/h2-5,7-9,11-13,15-16H,14H2,1H3,(H,25,28)(H,26,27). The van der Waals surface area contributed by atoms with Gasteiger partial charge in [-0.05, 0) is 42.8 Å². The van der Waals surface area contributed by atoms with E-state index in [4.69, 9.17) is 0 Å².